The summed E-state index contributed by atoms with van der Waals surface area (Å²) in [5.74, 6) is 1.63. The summed E-state index contributed by atoms with van der Waals surface area (Å²) in [7, 11) is 0. The van der Waals surface area contributed by atoms with Crippen LogP contribution in [0, 0.1) is 5.92 Å². The SMILES string of the molecule is ClCC1COCCN1CC1CCCCC1. The van der Waals surface area contributed by atoms with Crippen LogP contribution in [0.4, 0.5) is 0 Å². The summed E-state index contributed by atoms with van der Waals surface area (Å²) in [4.78, 5) is 2.55. The lowest BCUT2D eigenvalue weighted by Crippen LogP contribution is -2.48. The van der Waals surface area contributed by atoms with Crippen molar-refractivity contribution in [1.29, 1.82) is 0 Å². The van der Waals surface area contributed by atoms with Crippen LogP contribution in [0.1, 0.15) is 32.1 Å². The molecule has 1 atom stereocenters. The summed E-state index contributed by atoms with van der Waals surface area (Å²) < 4.78 is 5.47. The maximum absolute atomic E-state index is 5.97. The average molecular weight is 232 g/mol. The third-order valence-corrected chi connectivity index (χ3v) is 4.10. The van der Waals surface area contributed by atoms with Gasteiger partial charge in [-0.05, 0) is 18.8 Å². The van der Waals surface area contributed by atoms with Crippen molar-refractivity contribution in [3.05, 3.63) is 0 Å². The van der Waals surface area contributed by atoms with Gasteiger partial charge in [-0.1, -0.05) is 19.3 Å². The quantitative estimate of drug-likeness (QED) is 0.693. The van der Waals surface area contributed by atoms with Crippen LogP contribution in [0.3, 0.4) is 0 Å². The van der Waals surface area contributed by atoms with Crippen molar-refractivity contribution >= 4 is 11.6 Å². The minimum atomic E-state index is 0.461. The molecule has 1 heterocycles. The average Bonchev–Trinajstić information content (AvgIpc) is 2.31. The molecule has 1 aliphatic heterocycles. The summed E-state index contributed by atoms with van der Waals surface area (Å²) in [5, 5.41) is 0. The van der Waals surface area contributed by atoms with Crippen molar-refractivity contribution in [2.24, 2.45) is 5.92 Å². The molecule has 1 saturated carbocycles. The van der Waals surface area contributed by atoms with E-state index in [-0.39, 0.29) is 0 Å². The first-order valence-electron chi connectivity index (χ1n) is 6.28. The van der Waals surface area contributed by atoms with Crippen LogP contribution in [0.15, 0.2) is 0 Å². The molecule has 0 amide bonds. The highest BCUT2D eigenvalue weighted by Crippen LogP contribution is 2.25. The van der Waals surface area contributed by atoms with Crippen molar-refractivity contribution in [2.45, 2.75) is 38.1 Å². The fourth-order valence-electron chi connectivity index (χ4n) is 2.77. The first-order valence-corrected chi connectivity index (χ1v) is 6.81. The molecule has 2 aliphatic rings. The fraction of sp³-hybridized carbons (Fsp3) is 1.00. The van der Waals surface area contributed by atoms with Crippen molar-refractivity contribution < 1.29 is 4.74 Å². The second-order valence-corrected chi connectivity index (χ2v) is 5.19. The van der Waals surface area contributed by atoms with Crippen molar-refractivity contribution in [3.8, 4) is 0 Å². The Bertz CT molecular complexity index is 182. The maximum Gasteiger partial charge on any atom is 0.0634 e. The molecular formula is C12H22ClNO. The van der Waals surface area contributed by atoms with Crippen LogP contribution in [0.25, 0.3) is 0 Å². The largest absolute Gasteiger partial charge is 0.378 e. The van der Waals surface area contributed by atoms with E-state index in [2.05, 4.69) is 4.90 Å². The Morgan fingerprint density at radius 1 is 1.20 bits per heavy atom. The lowest BCUT2D eigenvalue weighted by molar-refractivity contribution is -0.00830. The molecule has 2 rings (SSSR count). The van der Waals surface area contributed by atoms with Gasteiger partial charge in [0.2, 0.25) is 0 Å². The third-order valence-electron chi connectivity index (χ3n) is 3.75. The van der Waals surface area contributed by atoms with E-state index in [1.807, 2.05) is 0 Å². The molecule has 0 aromatic carbocycles. The van der Waals surface area contributed by atoms with Gasteiger partial charge >= 0.3 is 0 Å². The van der Waals surface area contributed by atoms with Gasteiger partial charge in [-0.25, -0.2) is 0 Å². The Morgan fingerprint density at radius 3 is 2.73 bits per heavy atom. The van der Waals surface area contributed by atoms with E-state index in [9.17, 15) is 0 Å². The van der Waals surface area contributed by atoms with Gasteiger partial charge in [-0.3, -0.25) is 4.90 Å². The lowest BCUT2D eigenvalue weighted by atomic mass is 9.88. The molecule has 15 heavy (non-hydrogen) atoms. The zero-order valence-electron chi connectivity index (χ0n) is 9.46. The van der Waals surface area contributed by atoms with Gasteiger partial charge in [-0.2, -0.15) is 0 Å². The minimum Gasteiger partial charge on any atom is -0.378 e. The van der Waals surface area contributed by atoms with E-state index in [1.54, 1.807) is 0 Å². The monoisotopic (exact) mass is 231 g/mol. The van der Waals surface area contributed by atoms with E-state index < -0.39 is 0 Å². The number of ether oxygens (including phenoxy) is 1. The molecule has 1 saturated heterocycles. The van der Waals surface area contributed by atoms with E-state index in [0.717, 1.165) is 25.7 Å². The molecule has 2 fully saturated rings. The van der Waals surface area contributed by atoms with Crippen molar-refractivity contribution in [3.63, 3.8) is 0 Å². The summed E-state index contributed by atoms with van der Waals surface area (Å²) in [6.07, 6.45) is 7.15. The van der Waals surface area contributed by atoms with Gasteiger partial charge in [0.1, 0.15) is 0 Å². The van der Waals surface area contributed by atoms with Gasteiger partial charge in [0.25, 0.3) is 0 Å². The van der Waals surface area contributed by atoms with Crippen LogP contribution in [0.2, 0.25) is 0 Å². The van der Waals surface area contributed by atoms with E-state index >= 15 is 0 Å². The molecular weight excluding hydrogens is 210 g/mol. The first kappa shape index (κ1) is 11.7. The summed E-state index contributed by atoms with van der Waals surface area (Å²) >= 11 is 5.97. The van der Waals surface area contributed by atoms with Crippen LogP contribution in [-0.2, 0) is 4.74 Å². The maximum atomic E-state index is 5.97. The molecule has 0 radical (unpaired) electrons. The van der Waals surface area contributed by atoms with E-state index in [4.69, 9.17) is 16.3 Å². The van der Waals surface area contributed by atoms with Crippen LogP contribution >= 0.6 is 11.6 Å². The van der Waals surface area contributed by atoms with Crippen molar-refractivity contribution in [1.82, 2.24) is 4.90 Å². The normalized spacial score (nSPS) is 30.6. The summed E-state index contributed by atoms with van der Waals surface area (Å²) in [5.41, 5.74) is 0. The number of hydrogen-bond donors (Lipinski definition) is 0. The van der Waals surface area contributed by atoms with Gasteiger partial charge in [0, 0.05) is 25.0 Å². The van der Waals surface area contributed by atoms with E-state index in [0.29, 0.717) is 11.9 Å². The molecule has 2 nitrogen and oxygen atoms in total. The smallest absolute Gasteiger partial charge is 0.0634 e. The highest BCUT2D eigenvalue weighted by Gasteiger charge is 2.25. The van der Waals surface area contributed by atoms with Gasteiger partial charge in [-0.15, -0.1) is 11.6 Å². The molecule has 0 aromatic rings. The molecule has 88 valence electrons. The van der Waals surface area contributed by atoms with Crippen LogP contribution in [0.5, 0.6) is 0 Å². The Hall–Kier alpha value is 0.210. The third kappa shape index (κ3) is 3.33. The second-order valence-electron chi connectivity index (χ2n) is 4.88. The topological polar surface area (TPSA) is 12.5 Å². The molecule has 0 bridgehead atoms. The minimum absolute atomic E-state index is 0.461. The fourth-order valence-corrected chi connectivity index (χ4v) is 3.06. The number of nitrogens with zero attached hydrogens (tertiary/aromatic N) is 1. The lowest BCUT2D eigenvalue weighted by Gasteiger charge is -2.37. The van der Waals surface area contributed by atoms with Crippen molar-refractivity contribution in [2.75, 3.05) is 32.2 Å². The summed E-state index contributed by atoms with van der Waals surface area (Å²) in [6.45, 7) is 4.05. The number of rotatable bonds is 3. The number of alkyl halides is 1. The zero-order valence-corrected chi connectivity index (χ0v) is 10.2. The molecule has 0 aromatic heterocycles. The molecule has 0 spiro atoms. The predicted octanol–water partition coefficient (Wildman–Crippen LogP) is 2.51. The van der Waals surface area contributed by atoms with E-state index in [1.165, 1.54) is 38.6 Å². The molecule has 0 N–H and O–H groups in total. The van der Waals surface area contributed by atoms with Gasteiger partial charge in [0.05, 0.1) is 13.2 Å². The molecule has 1 aliphatic carbocycles. The van der Waals surface area contributed by atoms with Crippen LogP contribution < -0.4 is 0 Å². The zero-order chi connectivity index (χ0) is 10.5. The summed E-state index contributed by atoms with van der Waals surface area (Å²) in [6, 6.07) is 0.461. The second kappa shape index (κ2) is 6.07. The number of morpholine rings is 1. The van der Waals surface area contributed by atoms with Gasteiger partial charge in [0.15, 0.2) is 0 Å². The Labute approximate surface area is 97.9 Å². The highest BCUT2D eigenvalue weighted by molar-refractivity contribution is 6.18. The highest BCUT2D eigenvalue weighted by atomic mass is 35.5. The molecule has 3 heteroatoms. The van der Waals surface area contributed by atoms with Crippen LogP contribution in [-0.4, -0.2) is 43.1 Å². The Balaban J connectivity index is 1.79. The Morgan fingerprint density at radius 2 is 2.00 bits per heavy atom. The van der Waals surface area contributed by atoms with Gasteiger partial charge < -0.3 is 4.74 Å². The first-order chi connectivity index (χ1) is 7.40. The number of halogens is 1. The number of hydrogen-bond acceptors (Lipinski definition) is 2. The Kier molecular flexibility index (Phi) is 4.73. The predicted molar refractivity (Wildman–Crippen MR) is 63.5 cm³/mol. The standard InChI is InChI=1S/C12H22ClNO/c13-8-12-10-15-7-6-14(12)9-11-4-2-1-3-5-11/h11-12H,1-10H2. The molecule has 1 unspecified atom stereocenters.